The summed E-state index contributed by atoms with van der Waals surface area (Å²) in [5, 5.41) is 3.29. The van der Waals surface area contributed by atoms with E-state index in [-0.39, 0.29) is 12.1 Å². The van der Waals surface area contributed by atoms with Gasteiger partial charge in [-0.05, 0) is 39.3 Å². The summed E-state index contributed by atoms with van der Waals surface area (Å²) in [5.74, 6) is 2.00. The van der Waals surface area contributed by atoms with Gasteiger partial charge >= 0.3 is 0 Å². The molecule has 2 aromatic rings. The highest BCUT2D eigenvalue weighted by Crippen LogP contribution is 2.26. The monoisotopic (exact) mass is 290 g/mol. The van der Waals surface area contributed by atoms with Crippen molar-refractivity contribution in [2.45, 2.75) is 45.8 Å². The predicted molar refractivity (Wildman–Crippen MR) is 82.3 cm³/mol. The number of furan rings is 1. The number of hydrogen-bond acceptors (Lipinski definition) is 6. The quantitative estimate of drug-likeness (QED) is 0.815. The molecular weight excluding hydrogens is 268 g/mol. The van der Waals surface area contributed by atoms with Gasteiger partial charge in [-0.3, -0.25) is 0 Å². The smallest absolute Gasteiger partial charge is 0.242 e. The van der Waals surface area contributed by atoms with Crippen LogP contribution in [0.1, 0.15) is 33.0 Å². The third-order valence-electron chi connectivity index (χ3n) is 2.98. The molecular formula is C15H22N4O2. The molecule has 6 nitrogen and oxygen atoms in total. The minimum absolute atomic E-state index is 0.0198. The molecule has 2 rings (SSSR count). The Morgan fingerprint density at radius 3 is 2.81 bits per heavy atom. The van der Waals surface area contributed by atoms with Crippen LogP contribution in [0.5, 0.6) is 5.88 Å². The van der Waals surface area contributed by atoms with Gasteiger partial charge in [-0.2, -0.15) is 4.98 Å². The lowest BCUT2D eigenvalue weighted by Crippen LogP contribution is -2.19. The van der Waals surface area contributed by atoms with E-state index in [1.807, 2.05) is 26.0 Å². The molecule has 3 N–H and O–H groups in total. The summed E-state index contributed by atoms with van der Waals surface area (Å²) in [6.07, 6.45) is 4.94. The highest BCUT2D eigenvalue weighted by Gasteiger charge is 2.13. The molecule has 0 radical (unpaired) electrons. The molecule has 0 aliphatic carbocycles. The van der Waals surface area contributed by atoms with Crippen molar-refractivity contribution in [1.29, 1.82) is 0 Å². The second kappa shape index (κ2) is 6.97. The van der Waals surface area contributed by atoms with Crippen molar-refractivity contribution in [1.82, 2.24) is 9.97 Å². The SMILES string of the molecule is CC(CCc1ccco1)Nc1ncnc(OC(C)C)c1N. The van der Waals surface area contributed by atoms with Gasteiger partial charge in [0, 0.05) is 12.5 Å². The molecule has 1 unspecified atom stereocenters. The minimum atomic E-state index is 0.0198. The number of ether oxygens (including phenoxy) is 1. The second-order valence-corrected chi connectivity index (χ2v) is 5.27. The van der Waals surface area contributed by atoms with Crippen LogP contribution in [-0.2, 0) is 6.42 Å². The lowest BCUT2D eigenvalue weighted by molar-refractivity contribution is 0.234. The second-order valence-electron chi connectivity index (χ2n) is 5.27. The molecule has 1 atom stereocenters. The zero-order valence-electron chi connectivity index (χ0n) is 12.7. The summed E-state index contributed by atoms with van der Waals surface area (Å²) in [6.45, 7) is 5.94. The van der Waals surface area contributed by atoms with Gasteiger partial charge in [0.1, 0.15) is 17.8 Å². The maximum absolute atomic E-state index is 6.04. The van der Waals surface area contributed by atoms with Crippen molar-refractivity contribution in [2.75, 3.05) is 11.1 Å². The number of hydrogen-bond donors (Lipinski definition) is 2. The van der Waals surface area contributed by atoms with Crippen LogP contribution in [0.15, 0.2) is 29.1 Å². The first-order valence-electron chi connectivity index (χ1n) is 7.12. The largest absolute Gasteiger partial charge is 0.473 e. The lowest BCUT2D eigenvalue weighted by atomic mass is 10.1. The van der Waals surface area contributed by atoms with Crippen molar-refractivity contribution >= 4 is 11.5 Å². The van der Waals surface area contributed by atoms with E-state index in [9.17, 15) is 0 Å². The van der Waals surface area contributed by atoms with Crippen molar-refractivity contribution in [3.05, 3.63) is 30.5 Å². The van der Waals surface area contributed by atoms with Crippen LogP contribution in [0, 0.1) is 0 Å². The number of aromatic nitrogens is 2. The van der Waals surface area contributed by atoms with Crippen molar-refractivity contribution < 1.29 is 9.15 Å². The molecule has 6 heteroatoms. The van der Waals surface area contributed by atoms with E-state index in [2.05, 4.69) is 22.2 Å². The number of nitrogens with zero attached hydrogens (tertiary/aromatic N) is 2. The highest BCUT2D eigenvalue weighted by atomic mass is 16.5. The first kappa shape index (κ1) is 15.2. The van der Waals surface area contributed by atoms with Crippen LogP contribution in [0.2, 0.25) is 0 Å². The zero-order chi connectivity index (χ0) is 15.2. The molecule has 0 aliphatic rings. The molecule has 0 fully saturated rings. The first-order valence-corrected chi connectivity index (χ1v) is 7.12. The fourth-order valence-electron chi connectivity index (χ4n) is 1.93. The molecule has 0 saturated carbocycles. The van der Waals surface area contributed by atoms with E-state index in [4.69, 9.17) is 14.9 Å². The molecule has 0 aromatic carbocycles. The van der Waals surface area contributed by atoms with Crippen molar-refractivity contribution in [3.63, 3.8) is 0 Å². The Kier molecular flexibility index (Phi) is 5.03. The fourth-order valence-corrected chi connectivity index (χ4v) is 1.93. The average molecular weight is 290 g/mol. The van der Waals surface area contributed by atoms with E-state index in [0.717, 1.165) is 18.6 Å². The number of anilines is 2. The van der Waals surface area contributed by atoms with Gasteiger partial charge in [0.15, 0.2) is 5.82 Å². The van der Waals surface area contributed by atoms with Gasteiger partial charge in [0.2, 0.25) is 5.88 Å². The number of rotatable bonds is 7. The molecule has 0 amide bonds. The summed E-state index contributed by atoms with van der Waals surface area (Å²) in [6, 6.07) is 4.07. The van der Waals surface area contributed by atoms with Gasteiger partial charge in [-0.25, -0.2) is 4.98 Å². The maximum atomic E-state index is 6.04. The molecule has 2 heterocycles. The normalized spacial score (nSPS) is 12.4. The molecule has 0 bridgehead atoms. The number of aryl methyl sites for hydroxylation is 1. The Bertz CT molecular complexity index is 555. The number of nitrogens with two attached hydrogens (primary N) is 1. The summed E-state index contributed by atoms with van der Waals surface area (Å²) in [4.78, 5) is 8.24. The average Bonchev–Trinajstić information content (AvgIpc) is 2.94. The number of nitrogens with one attached hydrogen (secondary N) is 1. The minimum Gasteiger partial charge on any atom is -0.473 e. The maximum Gasteiger partial charge on any atom is 0.242 e. The topological polar surface area (TPSA) is 86.2 Å². The lowest BCUT2D eigenvalue weighted by Gasteiger charge is -2.17. The Hall–Kier alpha value is -2.24. The van der Waals surface area contributed by atoms with Gasteiger partial charge in [0.05, 0.1) is 12.4 Å². The standard InChI is InChI=1S/C15H22N4O2/c1-10(2)21-15-13(16)14(17-9-18-15)19-11(3)6-7-12-5-4-8-20-12/h4-5,8-11H,6-7,16H2,1-3H3,(H,17,18,19). The number of nitrogen functional groups attached to an aromatic ring is 1. The fraction of sp³-hybridized carbons (Fsp3) is 0.467. The van der Waals surface area contributed by atoms with Crippen LogP contribution in [0.4, 0.5) is 11.5 Å². The molecule has 114 valence electrons. The summed E-state index contributed by atoms with van der Waals surface area (Å²) >= 11 is 0. The predicted octanol–water partition coefficient (Wildman–Crippen LogP) is 2.87. The summed E-state index contributed by atoms with van der Waals surface area (Å²) < 4.78 is 10.9. The third kappa shape index (κ3) is 4.37. The van der Waals surface area contributed by atoms with E-state index in [1.165, 1.54) is 6.33 Å². The molecule has 0 aliphatic heterocycles. The molecule has 21 heavy (non-hydrogen) atoms. The van der Waals surface area contributed by atoms with Crippen LogP contribution in [0.3, 0.4) is 0 Å². The summed E-state index contributed by atoms with van der Waals surface area (Å²) in [5.41, 5.74) is 6.48. The molecule has 0 saturated heterocycles. The Labute approximate surface area is 124 Å². The third-order valence-corrected chi connectivity index (χ3v) is 2.98. The first-order chi connectivity index (χ1) is 10.1. The van der Waals surface area contributed by atoms with E-state index in [0.29, 0.717) is 17.4 Å². The van der Waals surface area contributed by atoms with Crippen LogP contribution >= 0.6 is 0 Å². The van der Waals surface area contributed by atoms with Crippen LogP contribution < -0.4 is 15.8 Å². The van der Waals surface area contributed by atoms with E-state index in [1.54, 1.807) is 6.26 Å². The Morgan fingerprint density at radius 2 is 2.14 bits per heavy atom. The van der Waals surface area contributed by atoms with Gasteiger partial charge < -0.3 is 20.2 Å². The van der Waals surface area contributed by atoms with Gasteiger partial charge in [-0.1, -0.05) is 0 Å². The van der Waals surface area contributed by atoms with E-state index >= 15 is 0 Å². The van der Waals surface area contributed by atoms with Crippen molar-refractivity contribution in [2.24, 2.45) is 0 Å². The Balaban J connectivity index is 1.95. The van der Waals surface area contributed by atoms with Crippen molar-refractivity contribution in [3.8, 4) is 5.88 Å². The zero-order valence-corrected chi connectivity index (χ0v) is 12.7. The van der Waals surface area contributed by atoms with E-state index < -0.39 is 0 Å². The Morgan fingerprint density at radius 1 is 1.33 bits per heavy atom. The van der Waals surface area contributed by atoms with Crippen LogP contribution in [-0.4, -0.2) is 22.1 Å². The molecule has 2 aromatic heterocycles. The molecule has 0 spiro atoms. The van der Waals surface area contributed by atoms with Crippen LogP contribution in [0.25, 0.3) is 0 Å². The summed E-state index contributed by atoms with van der Waals surface area (Å²) in [7, 11) is 0. The van der Waals surface area contributed by atoms with Gasteiger partial charge in [-0.15, -0.1) is 0 Å². The van der Waals surface area contributed by atoms with Gasteiger partial charge in [0.25, 0.3) is 0 Å². The highest BCUT2D eigenvalue weighted by molar-refractivity contribution is 5.66.